The van der Waals surface area contributed by atoms with Gasteiger partial charge >= 0.3 is 0 Å². The van der Waals surface area contributed by atoms with E-state index >= 15 is 0 Å². The Kier molecular flexibility index (Phi) is 4.60. The Morgan fingerprint density at radius 3 is 2.03 bits per heavy atom. The highest BCUT2D eigenvalue weighted by atomic mass is 16.6. The minimum Gasteiger partial charge on any atom is -0.326 e. The van der Waals surface area contributed by atoms with E-state index in [1.54, 1.807) is 4.90 Å². The number of hydrogen-bond acceptors (Lipinski definition) is 5. The number of likely N-dealkylation sites (tertiary alicyclic amines) is 1. The van der Waals surface area contributed by atoms with Gasteiger partial charge in [-0.2, -0.15) is 0 Å². The maximum absolute atomic E-state index is 13.0. The summed E-state index contributed by atoms with van der Waals surface area (Å²) in [5, 5.41) is 13.6. The van der Waals surface area contributed by atoms with Crippen LogP contribution >= 0.6 is 0 Å². The number of nitro groups is 1. The molecule has 4 fully saturated rings. The maximum atomic E-state index is 13.0. The molecule has 1 aliphatic heterocycles. The van der Waals surface area contributed by atoms with E-state index in [-0.39, 0.29) is 47.2 Å². The fraction of sp³-hybridized carbons (Fsp3) is 0.591. The summed E-state index contributed by atoms with van der Waals surface area (Å²) >= 11 is 0. The fourth-order valence-electron chi connectivity index (χ4n) is 6.30. The number of rotatable bonds is 4. The highest BCUT2D eigenvalue weighted by molar-refractivity contribution is 6.06. The summed E-state index contributed by atoms with van der Waals surface area (Å²) in [6.07, 6.45) is 5.76. The van der Waals surface area contributed by atoms with Crippen LogP contribution in [0, 0.1) is 39.7 Å². The summed E-state index contributed by atoms with van der Waals surface area (Å²) in [5.74, 6) is 0.400. The molecule has 1 heterocycles. The van der Waals surface area contributed by atoms with Gasteiger partial charge in [0.2, 0.25) is 17.7 Å². The molecule has 1 aromatic rings. The van der Waals surface area contributed by atoms with E-state index in [0.717, 1.165) is 19.3 Å². The second kappa shape index (κ2) is 7.18. The van der Waals surface area contributed by atoms with E-state index in [1.165, 1.54) is 24.3 Å². The fourth-order valence-corrected chi connectivity index (χ4v) is 6.30. The van der Waals surface area contributed by atoms with E-state index in [4.69, 9.17) is 0 Å². The average Bonchev–Trinajstić information content (AvgIpc) is 3.42. The van der Waals surface area contributed by atoms with Crippen LogP contribution in [0.15, 0.2) is 24.3 Å². The number of hydrogen-bond donors (Lipinski definition) is 1. The van der Waals surface area contributed by atoms with Crippen LogP contribution in [0.25, 0.3) is 0 Å². The van der Waals surface area contributed by atoms with E-state index in [2.05, 4.69) is 5.32 Å². The lowest BCUT2D eigenvalue weighted by molar-refractivity contribution is -0.384. The normalized spacial score (nSPS) is 34.9. The zero-order chi connectivity index (χ0) is 21.0. The Balaban J connectivity index is 1.18. The van der Waals surface area contributed by atoms with Crippen molar-refractivity contribution in [3.8, 4) is 0 Å². The monoisotopic (exact) mass is 411 g/mol. The van der Waals surface area contributed by atoms with Crippen molar-refractivity contribution < 1.29 is 19.3 Å². The molecule has 4 aliphatic rings. The van der Waals surface area contributed by atoms with E-state index in [0.29, 0.717) is 43.2 Å². The molecule has 0 spiro atoms. The summed E-state index contributed by atoms with van der Waals surface area (Å²) < 4.78 is 0. The summed E-state index contributed by atoms with van der Waals surface area (Å²) in [5.41, 5.74) is 0.507. The van der Waals surface area contributed by atoms with Gasteiger partial charge in [-0.1, -0.05) is 0 Å². The molecule has 158 valence electrons. The third-order valence-corrected chi connectivity index (χ3v) is 7.74. The first kappa shape index (κ1) is 19.2. The molecule has 5 rings (SSSR count). The van der Waals surface area contributed by atoms with E-state index in [1.807, 2.05) is 0 Å². The first-order valence-electron chi connectivity index (χ1n) is 10.9. The minimum atomic E-state index is -0.479. The number of imide groups is 1. The Morgan fingerprint density at radius 1 is 0.933 bits per heavy atom. The molecule has 1 N–H and O–H groups in total. The van der Waals surface area contributed by atoms with Crippen molar-refractivity contribution in [3.05, 3.63) is 34.4 Å². The smallest absolute Gasteiger partial charge is 0.269 e. The van der Waals surface area contributed by atoms with E-state index < -0.39 is 4.92 Å². The van der Waals surface area contributed by atoms with Crippen molar-refractivity contribution in [2.24, 2.45) is 29.6 Å². The van der Waals surface area contributed by atoms with Gasteiger partial charge in [-0.05, 0) is 68.9 Å². The molecular weight excluding hydrogens is 386 g/mol. The molecular formula is C22H25N3O5. The molecule has 0 unspecified atom stereocenters. The number of benzene rings is 1. The zero-order valence-electron chi connectivity index (χ0n) is 16.7. The number of carbonyl (C=O) groups is 3. The van der Waals surface area contributed by atoms with Gasteiger partial charge in [0.15, 0.2) is 0 Å². The highest BCUT2D eigenvalue weighted by Crippen LogP contribution is 2.56. The van der Waals surface area contributed by atoms with Crippen LogP contribution in [-0.2, 0) is 14.4 Å². The predicted molar refractivity (Wildman–Crippen MR) is 107 cm³/mol. The van der Waals surface area contributed by atoms with E-state index in [9.17, 15) is 24.5 Å². The SMILES string of the molecule is O=C(Nc1ccc([N+](=O)[O-])cc1)C1CCC(N2C(=O)[C@H]3[C@@H]4CC[C@@H](C4)[C@@H]3C2=O)CC1. The molecule has 1 aromatic carbocycles. The Hall–Kier alpha value is -2.77. The number of fused-ring (bicyclic) bond motifs is 5. The van der Waals surface area contributed by atoms with Gasteiger partial charge in [0.1, 0.15) is 0 Å². The van der Waals surface area contributed by atoms with Crippen LogP contribution in [0.5, 0.6) is 0 Å². The summed E-state index contributed by atoms with van der Waals surface area (Å²) in [7, 11) is 0. The number of anilines is 1. The quantitative estimate of drug-likeness (QED) is 0.465. The van der Waals surface area contributed by atoms with Gasteiger partial charge in [-0.25, -0.2) is 0 Å². The zero-order valence-corrected chi connectivity index (χ0v) is 16.7. The number of nitrogens with one attached hydrogen (secondary N) is 1. The molecule has 3 saturated carbocycles. The van der Waals surface area contributed by atoms with Crippen molar-refractivity contribution in [1.29, 1.82) is 0 Å². The van der Waals surface area contributed by atoms with Gasteiger partial charge in [0.25, 0.3) is 5.69 Å². The van der Waals surface area contributed by atoms with Crippen LogP contribution in [0.4, 0.5) is 11.4 Å². The lowest BCUT2D eigenvalue weighted by Gasteiger charge is -2.33. The first-order valence-corrected chi connectivity index (χ1v) is 10.9. The molecule has 2 bridgehead atoms. The lowest BCUT2D eigenvalue weighted by atomic mass is 9.81. The predicted octanol–water partition coefficient (Wildman–Crippen LogP) is 3.12. The molecule has 0 aromatic heterocycles. The van der Waals surface area contributed by atoms with Crippen LogP contribution < -0.4 is 5.32 Å². The van der Waals surface area contributed by atoms with Gasteiger partial charge in [-0.15, -0.1) is 0 Å². The second-order valence-corrected chi connectivity index (χ2v) is 9.23. The number of amides is 3. The topological polar surface area (TPSA) is 110 Å². The third-order valence-electron chi connectivity index (χ3n) is 7.74. The highest BCUT2D eigenvalue weighted by Gasteiger charge is 2.61. The standard InChI is InChI=1S/C22H25N3O5/c26-20(23-15-5-9-17(10-6-15)25(29)30)12-3-7-16(8-4-12)24-21(27)18-13-1-2-14(11-13)19(18)22(24)28/h5-6,9-10,12-14,16,18-19H,1-4,7-8,11H2,(H,23,26)/t12?,13-,14+,16?,18-,19-/m0/s1. The largest absolute Gasteiger partial charge is 0.326 e. The van der Waals surface area contributed by atoms with Crippen molar-refractivity contribution in [3.63, 3.8) is 0 Å². The molecule has 4 atom stereocenters. The van der Waals surface area contributed by atoms with Crippen molar-refractivity contribution in [2.75, 3.05) is 5.32 Å². The van der Waals surface area contributed by atoms with Gasteiger partial charge in [0, 0.05) is 29.8 Å². The maximum Gasteiger partial charge on any atom is 0.269 e. The Bertz CT molecular complexity index is 878. The first-order chi connectivity index (χ1) is 14.4. The number of nitrogens with zero attached hydrogens (tertiary/aromatic N) is 2. The lowest BCUT2D eigenvalue weighted by Crippen LogP contribution is -2.44. The van der Waals surface area contributed by atoms with Crippen LogP contribution in [0.3, 0.4) is 0 Å². The number of nitro benzene ring substituents is 1. The molecule has 8 nitrogen and oxygen atoms in total. The number of non-ortho nitro benzene ring substituents is 1. The van der Waals surface area contributed by atoms with Gasteiger partial charge in [0.05, 0.1) is 16.8 Å². The van der Waals surface area contributed by atoms with Crippen molar-refractivity contribution >= 4 is 29.1 Å². The van der Waals surface area contributed by atoms with Crippen LogP contribution in [0.2, 0.25) is 0 Å². The van der Waals surface area contributed by atoms with Gasteiger partial charge < -0.3 is 5.32 Å². The summed E-state index contributed by atoms with van der Waals surface area (Å²) in [4.78, 5) is 50.4. The molecule has 30 heavy (non-hydrogen) atoms. The van der Waals surface area contributed by atoms with Crippen LogP contribution in [0.1, 0.15) is 44.9 Å². The molecule has 0 radical (unpaired) electrons. The third kappa shape index (κ3) is 3.00. The average molecular weight is 411 g/mol. The Labute approximate surface area is 174 Å². The van der Waals surface area contributed by atoms with Crippen molar-refractivity contribution in [2.45, 2.75) is 51.0 Å². The summed E-state index contributed by atoms with van der Waals surface area (Å²) in [6.45, 7) is 0. The van der Waals surface area contributed by atoms with Crippen molar-refractivity contribution in [1.82, 2.24) is 4.90 Å². The minimum absolute atomic E-state index is 0.0216. The Morgan fingerprint density at radius 2 is 1.50 bits per heavy atom. The summed E-state index contributed by atoms with van der Waals surface area (Å²) in [6, 6.07) is 5.69. The second-order valence-electron chi connectivity index (χ2n) is 9.23. The molecule has 3 amide bonds. The number of carbonyl (C=O) groups excluding carboxylic acids is 3. The molecule has 1 saturated heterocycles. The molecule has 3 aliphatic carbocycles. The van der Waals surface area contributed by atoms with Crippen LogP contribution in [-0.4, -0.2) is 33.6 Å². The molecule has 8 heteroatoms. The van der Waals surface area contributed by atoms with Gasteiger partial charge in [-0.3, -0.25) is 29.4 Å².